The molecule has 1 aromatic carbocycles. The number of ether oxygens (including phenoxy) is 1. The van der Waals surface area contributed by atoms with Gasteiger partial charge in [-0.2, -0.15) is 5.10 Å². The minimum atomic E-state index is -0.0900. The first kappa shape index (κ1) is 24.0. The minimum absolute atomic E-state index is 0.0900. The van der Waals surface area contributed by atoms with E-state index in [4.69, 9.17) is 21.4 Å². The van der Waals surface area contributed by atoms with Crippen molar-refractivity contribution in [1.29, 1.82) is 0 Å². The number of rotatable bonds is 10. The highest BCUT2D eigenvalue weighted by atomic mass is 35.5. The number of halogens is 1. The van der Waals surface area contributed by atoms with E-state index in [1.54, 1.807) is 13.3 Å². The summed E-state index contributed by atoms with van der Waals surface area (Å²) in [5.74, 6) is 0.946. The maximum atomic E-state index is 12.7. The lowest BCUT2D eigenvalue weighted by Crippen LogP contribution is -2.12. The lowest BCUT2D eigenvalue weighted by molar-refractivity contribution is -0.118. The second kappa shape index (κ2) is 10.7. The van der Waals surface area contributed by atoms with Crippen molar-refractivity contribution in [3.63, 3.8) is 0 Å². The van der Waals surface area contributed by atoms with Gasteiger partial charge in [0.1, 0.15) is 11.6 Å². The highest BCUT2D eigenvalue weighted by Crippen LogP contribution is 2.25. The molecule has 0 spiro atoms. The molecule has 0 bridgehead atoms. The Morgan fingerprint density at radius 2 is 2.00 bits per heavy atom. The number of nitrogens with one attached hydrogen (secondary N) is 1. The van der Waals surface area contributed by atoms with Gasteiger partial charge in [0, 0.05) is 48.8 Å². The molecule has 0 radical (unpaired) electrons. The number of anilines is 1. The summed E-state index contributed by atoms with van der Waals surface area (Å²) in [5.41, 5.74) is 3.71. The molecule has 0 aliphatic heterocycles. The van der Waals surface area contributed by atoms with Crippen molar-refractivity contribution < 1.29 is 9.53 Å². The van der Waals surface area contributed by atoms with Crippen molar-refractivity contribution in [3.8, 4) is 5.69 Å². The van der Waals surface area contributed by atoms with Crippen LogP contribution in [0.1, 0.15) is 44.1 Å². The average Bonchev–Trinajstić information content (AvgIpc) is 3.19. The molecule has 0 atom stereocenters. The zero-order valence-corrected chi connectivity index (χ0v) is 19.9. The Balaban J connectivity index is 1.66. The van der Waals surface area contributed by atoms with Gasteiger partial charge in [0.05, 0.1) is 18.0 Å². The molecule has 7 heteroatoms. The molecule has 0 aliphatic rings. The van der Waals surface area contributed by atoms with Crippen LogP contribution < -0.4 is 5.32 Å². The fraction of sp³-hybridized carbons (Fsp3) is 0.400. The van der Waals surface area contributed by atoms with Crippen LogP contribution in [0.3, 0.4) is 0 Å². The van der Waals surface area contributed by atoms with Crippen LogP contribution in [0, 0.1) is 0 Å². The summed E-state index contributed by atoms with van der Waals surface area (Å²) >= 11 is 6.20. The van der Waals surface area contributed by atoms with Gasteiger partial charge in [0.25, 0.3) is 0 Å². The van der Waals surface area contributed by atoms with Crippen LogP contribution in [0.4, 0.5) is 5.82 Å². The first-order valence-electron chi connectivity index (χ1n) is 10.8. The predicted octanol–water partition coefficient (Wildman–Crippen LogP) is 5.02. The first-order valence-corrected chi connectivity index (χ1v) is 11.2. The van der Waals surface area contributed by atoms with Gasteiger partial charge in [-0.3, -0.25) is 4.79 Å². The smallest absolute Gasteiger partial charge is 0.137 e. The highest BCUT2D eigenvalue weighted by Gasteiger charge is 2.21. The van der Waals surface area contributed by atoms with Crippen LogP contribution in [0.15, 0.2) is 48.7 Å². The minimum Gasteiger partial charge on any atom is -0.383 e. The second-order valence-electron chi connectivity index (χ2n) is 8.85. The lowest BCUT2D eigenvalue weighted by Gasteiger charge is -2.14. The number of carbonyl (C=O) groups is 1. The summed E-state index contributed by atoms with van der Waals surface area (Å²) in [6, 6.07) is 13.5. The summed E-state index contributed by atoms with van der Waals surface area (Å²) < 4.78 is 6.92. The molecule has 3 aromatic rings. The standard InChI is InChI=1S/C25H31ClN4O2/c1-25(2,3)23-16-21(30(29-23)20-7-5-6-19(26)15-20)9-10-22(31)14-18-8-11-24(28-17-18)27-12-13-32-4/h5-8,11,15-17H,9-10,12-14H2,1-4H3,(H,27,28). The topological polar surface area (TPSA) is 69.0 Å². The molecular formula is C25H31ClN4O2. The van der Waals surface area contributed by atoms with Crippen molar-refractivity contribution in [1.82, 2.24) is 14.8 Å². The van der Waals surface area contributed by atoms with Crippen LogP contribution in [0.2, 0.25) is 5.02 Å². The van der Waals surface area contributed by atoms with E-state index in [1.165, 1.54) is 0 Å². The van der Waals surface area contributed by atoms with Gasteiger partial charge in [-0.25, -0.2) is 9.67 Å². The molecule has 2 heterocycles. The number of aryl methyl sites for hydroxylation is 1. The molecule has 0 amide bonds. The third-order valence-electron chi connectivity index (χ3n) is 5.10. The third-order valence-corrected chi connectivity index (χ3v) is 5.34. The second-order valence-corrected chi connectivity index (χ2v) is 9.29. The van der Waals surface area contributed by atoms with Crippen molar-refractivity contribution in [2.45, 2.75) is 45.4 Å². The molecule has 0 fully saturated rings. The Kier molecular flexibility index (Phi) is 8.04. The zero-order chi connectivity index (χ0) is 23.1. The molecular weight excluding hydrogens is 424 g/mol. The quantitative estimate of drug-likeness (QED) is 0.435. The van der Waals surface area contributed by atoms with Crippen molar-refractivity contribution in [3.05, 3.63) is 70.6 Å². The van der Waals surface area contributed by atoms with E-state index in [-0.39, 0.29) is 11.2 Å². The number of Topliss-reactive ketones (excluding diaryl/α,β-unsaturated/α-hetero) is 1. The van der Waals surface area contributed by atoms with Crippen molar-refractivity contribution >= 4 is 23.2 Å². The van der Waals surface area contributed by atoms with Gasteiger partial charge < -0.3 is 10.1 Å². The van der Waals surface area contributed by atoms with Crippen LogP contribution in [-0.4, -0.2) is 40.8 Å². The molecule has 1 N–H and O–H groups in total. The summed E-state index contributed by atoms with van der Waals surface area (Å²) in [4.78, 5) is 17.0. The van der Waals surface area contributed by atoms with E-state index in [0.29, 0.717) is 37.4 Å². The Morgan fingerprint density at radius 1 is 1.19 bits per heavy atom. The molecule has 0 aliphatic carbocycles. The molecule has 2 aromatic heterocycles. The SMILES string of the molecule is COCCNc1ccc(CC(=O)CCc2cc(C(C)(C)C)nn2-c2cccc(Cl)c2)cn1. The largest absolute Gasteiger partial charge is 0.383 e. The number of methoxy groups -OCH3 is 1. The van der Waals surface area contributed by atoms with Crippen molar-refractivity contribution in [2.24, 2.45) is 0 Å². The number of pyridine rings is 1. The fourth-order valence-corrected chi connectivity index (χ4v) is 3.48. The molecule has 6 nitrogen and oxygen atoms in total. The Labute approximate surface area is 195 Å². The monoisotopic (exact) mass is 454 g/mol. The summed E-state index contributed by atoms with van der Waals surface area (Å²) in [7, 11) is 1.66. The average molecular weight is 455 g/mol. The van der Waals surface area contributed by atoms with Gasteiger partial charge in [-0.05, 0) is 42.3 Å². The van der Waals surface area contributed by atoms with Gasteiger partial charge in [0.2, 0.25) is 0 Å². The zero-order valence-electron chi connectivity index (χ0n) is 19.2. The first-order chi connectivity index (χ1) is 15.3. The number of nitrogens with zero attached hydrogens (tertiary/aromatic N) is 3. The number of carbonyl (C=O) groups excluding carboxylic acids is 1. The summed E-state index contributed by atoms with van der Waals surface area (Å²) in [5, 5.41) is 8.65. The number of ketones is 1. The predicted molar refractivity (Wildman–Crippen MR) is 129 cm³/mol. The summed E-state index contributed by atoms with van der Waals surface area (Å²) in [6.45, 7) is 7.71. The van der Waals surface area contributed by atoms with Crippen molar-refractivity contribution in [2.75, 3.05) is 25.6 Å². The van der Waals surface area contributed by atoms with E-state index in [2.05, 4.69) is 37.1 Å². The van der Waals surface area contributed by atoms with E-state index < -0.39 is 0 Å². The van der Waals surface area contributed by atoms with Crippen LogP contribution in [0.25, 0.3) is 5.69 Å². The van der Waals surface area contributed by atoms with Gasteiger partial charge >= 0.3 is 0 Å². The van der Waals surface area contributed by atoms with Crippen LogP contribution >= 0.6 is 11.6 Å². The molecule has 0 unspecified atom stereocenters. The maximum absolute atomic E-state index is 12.7. The van der Waals surface area contributed by atoms with E-state index in [0.717, 1.165) is 28.5 Å². The summed E-state index contributed by atoms with van der Waals surface area (Å²) in [6.07, 6.45) is 3.16. The molecule has 32 heavy (non-hydrogen) atoms. The number of hydrogen-bond acceptors (Lipinski definition) is 5. The maximum Gasteiger partial charge on any atom is 0.137 e. The lowest BCUT2D eigenvalue weighted by atomic mass is 9.92. The Hall–Kier alpha value is -2.70. The highest BCUT2D eigenvalue weighted by molar-refractivity contribution is 6.30. The fourth-order valence-electron chi connectivity index (χ4n) is 3.29. The van der Waals surface area contributed by atoms with Crippen LogP contribution in [0.5, 0.6) is 0 Å². The molecule has 170 valence electrons. The Bertz CT molecular complexity index is 1040. The Morgan fingerprint density at radius 3 is 2.66 bits per heavy atom. The third kappa shape index (κ3) is 6.65. The van der Waals surface area contributed by atoms with E-state index in [9.17, 15) is 4.79 Å². The molecule has 0 saturated heterocycles. The van der Waals surface area contributed by atoms with Gasteiger partial charge in [0.15, 0.2) is 0 Å². The normalized spacial score (nSPS) is 11.5. The number of aromatic nitrogens is 3. The van der Waals surface area contributed by atoms with Gasteiger partial charge in [-0.15, -0.1) is 0 Å². The number of benzene rings is 1. The van der Waals surface area contributed by atoms with E-state index in [1.807, 2.05) is 41.1 Å². The van der Waals surface area contributed by atoms with Gasteiger partial charge in [-0.1, -0.05) is 44.5 Å². The van der Waals surface area contributed by atoms with E-state index >= 15 is 0 Å². The molecule has 3 rings (SSSR count). The molecule has 0 saturated carbocycles. The van der Waals surface area contributed by atoms with Crippen LogP contribution in [-0.2, 0) is 27.8 Å². The number of hydrogen-bond donors (Lipinski definition) is 1.